The highest BCUT2D eigenvalue weighted by Crippen LogP contribution is 2.27. The predicted octanol–water partition coefficient (Wildman–Crippen LogP) is 3.71. The van der Waals surface area contributed by atoms with E-state index < -0.39 is 0 Å². The summed E-state index contributed by atoms with van der Waals surface area (Å²) in [4.78, 5) is 13.2. The Bertz CT molecular complexity index is 669. The molecule has 0 spiro atoms. The van der Waals surface area contributed by atoms with Crippen molar-refractivity contribution in [2.45, 2.75) is 43.9 Å². The summed E-state index contributed by atoms with van der Waals surface area (Å²) in [6.07, 6.45) is 5.56. The molecular formula is C16H19N3OS2. The van der Waals surface area contributed by atoms with E-state index in [1.54, 1.807) is 11.8 Å². The third-order valence-corrected chi connectivity index (χ3v) is 5.51. The summed E-state index contributed by atoms with van der Waals surface area (Å²) in [5.74, 6) is 0.381. The number of fused-ring (bicyclic) bond motifs is 1. The van der Waals surface area contributed by atoms with Crippen molar-refractivity contribution in [1.82, 2.24) is 10.2 Å². The van der Waals surface area contributed by atoms with Crippen molar-refractivity contribution in [2.24, 2.45) is 0 Å². The molecule has 1 heterocycles. The third kappa shape index (κ3) is 3.87. The van der Waals surface area contributed by atoms with Gasteiger partial charge in [0, 0.05) is 11.3 Å². The minimum absolute atomic E-state index is 0.0234. The van der Waals surface area contributed by atoms with Gasteiger partial charge in [0.05, 0.1) is 5.75 Å². The van der Waals surface area contributed by atoms with Crippen molar-refractivity contribution in [3.63, 3.8) is 0 Å². The maximum absolute atomic E-state index is 12.0. The Balaban J connectivity index is 1.51. The van der Waals surface area contributed by atoms with E-state index in [9.17, 15) is 4.79 Å². The normalized spacial score (nSPS) is 13.1. The Morgan fingerprint density at radius 2 is 2.18 bits per heavy atom. The lowest BCUT2D eigenvalue weighted by atomic mass is 10.1. The van der Waals surface area contributed by atoms with E-state index in [2.05, 4.69) is 40.6 Å². The standard InChI is InChI=1S/C16H19N3OS2/c1-2-4-15-18-19-16(22-15)17-14(20)10-21-13-8-7-11-5-3-6-12(11)9-13/h7-9H,2-6,10H2,1H3,(H,17,19,20). The zero-order valence-electron chi connectivity index (χ0n) is 12.6. The fraction of sp³-hybridized carbons (Fsp3) is 0.438. The maximum atomic E-state index is 12.0. The van der Waals surface area contributed by atoms with Gasteiger partial charge in [-0.15, -0.1) is 22.0 Å². The minimum atomic E-state index is -0.0234. The van der Waals surface area contributed by atoms with Gasteiger partial charge in [0.1, 0.15) is 5.01 Å². The van der Waals surface area contributed by atoms with Crippen LogP contribution in [0, 0.1) is 0 Å². The molecule has 0 radical (unpaired) electrons. The molecule has 3 rings (SSSR count). The van der Waals surface area contributed by atoms with Crippen LogP contribution in [-0.2, 0) is 24.1 Å². The number of aryl methyl sites for hydroxylation is 3. The number of hydrogen-bond acceptors (Lipinski definition) is 5. The van der Waals surface area contributed by atoms with Gasteiger partial charge in [-0.1, -0.05) is 24.3 Å². The maximum Gasteiger partial charge on any atom is 0.236 e. The third-order valence-electron chi connectivity index (χ3n) is 3.62. The van der Waals surface area contributed by atoms with Crippen LogP contribution in [0.4, 0.5) is 5.13 Å². The Hall–Kier alpha value is -1.40. The summed E-state index contributed by atoms with van der Waals surface area (Å²) in [6, 6.07) is 6.54. The quantitative estimate of drug-likeness (QED) is 0.819. The largest absolute Gasteiger partial charge is 0.300 e. The van der Waals surface area contributed by atoms with Gasteiger partial charge >= 0.3 is 0 Å². The van der Waals surface area contributed by atoms with Crippen LogP contribution >= 0.6 is 23.1 Å². The van der Waals surface area contributed by atoms with Crippen LogP contribution in [0.25, 0.3) is 0 Å². The first kappa shape index (κ1) is 15.5. The number of benzene rings is 1. The lowest BCUT2D eigenvalue weighted by Gasteiger charge is -2.04. The van der Waals surface area contributed by atoms with Crippen molar-refractivity contribution in [2.75, 3.05) is 11.1 Å². The van der Waals surface area contributed by atoms with Crippen molar-refractivity contribution in [3.8, 4) is 0 Å². The van der Waals surface area contributed by atoms with Gasteiger partial charge in [-0.05, 0) is 48.9 Å². The Morgan fingerprint density at radius 3 is 3.05 bits per heavy atom. The SMILES string of the molecule is CCCc1nnc(NC(=O)CSc2ccc3c(c2)CCC3)s1. The molecule has 22 heavy (non-hydrogen) atoms. The number of nitrogens with one attached hydrogen (secondary N) is 1. The molecule has 1 aliphatic carbocycles. The molecule has 1 aliphatic rings. The topological polar surface area (TPSA) is 54.9 Å². The smallest absolute Gasteiger partial charge is 0.236 e. The first-order valence-corrected chi connectivity index (χ1v) is 9.41. The molecule has 2 aromatic rings. The number of hydrogen-bond donors (Lipinski definition) is 1. The molecule has 1 amide bonds. The van der Waals surface area contributed by atoms with E-state index in [0.717, 1.165) is 17.8 Å². The first-order valence-electron chi connectivity index (χ1n) is 7.61. The predicted molar refractivity (Wildman–Crippen MR) is 91.7 cm³/mol. The van der Waals surface area contributed by atoms with Crippen molar-refractivity contribution >= 4 is 34.1 Å². The molecule has 0 unspecified atom stereocenters. The molecular weight excluding hydrogens is 314 g/mol. The van der Waals surface area contributed by atoms with Gasteiger partial charge in [0.15, 0.2) is 0 Å². The second-order valence-corrected chi connectivity index (χ2v) is 7.48. The molecule has 0 aliphatic heterocycles. The van der Waals surface area contributed by atoms with Crippen LogP contribution in [-0.4, -0.2) is 21.9 Å². The fourth-order valence-corrected chi connectivity index (χ4v) is 4.18. The number of nitrogens with zero attached hydrogens (tertiary/aromatic N) is 2. The molecule has 0 saturated heterocycles. The molecule has 116 valence electrons. The summed E-state index contributed by atoms with van der Waals surface area (Å²) in [5.41, 5.74) is 2.91. The Kier molecular flexibility index (Phi) is 5.10. The monoisotopic (exact) mass is 333 g/mol. The molecule has 0 saturated carbocycles. The van der Waals surface area contributed by atoms with Gasteiger partial charge in [0.25, 0.3) is 0 Å². The van der Waals surface area contributed by atoms with Crippen molar-refractivity contribution < 1.29 is 4.79 Å². The molecule has 1 aromatic heterocycles. The molecule has 0 bridgehead atoms. The average molecular weight is 333 g/mol. The van der Waals surface area contributed by atoms with Crippen LogP contribution in [0.1, 0.15) is 35.9 Å². The highest BCUT2D eigenvalue weighted by Gasteiger charge is 2.12. The van der Waals surface area contributed by atoms with E-state index in [1.807, 2.05) is 0 Å². The number of rotatable bonds is 6. The number of thioether (sulfide) groups is 1. The van der Waals surface area contributed by atoms with Gasteiger partial charge in [-0.2, -0.15) is 0 Å². The van der Waals surface area contributed by atoms with Crippen molar-refractivity contribution in [1.29, 1.82) is 0 Å². The molecule has 0 fully saturated rings. The van der Waals surface area contributed by atoms with Crippen LogP contribution in [0.15, 0.2) is 23.1 Å². The highest BCUT2D eigenvalue weighted by molar-refractivity contribution is 8.00. The second-order valence-electron chi connectivity index (χ2n) is 5.37. The summed E-state index contributed by atoms with van der Waals surface area (Å²) in [6.45, 7) is 2.10. The molecule has 1 N–H and O–H groups in total. The molecule has 4 nitrogen and oxygen atoms in total. The first-order chi connectivity index (χ1) is 10.7. The molecule has 6 heteroatoms. The average Bonchev–Trinajstić information content (AvgIpc) is 3.14. The van der Waals surface area contributed by atoms with Gasteiger partial charge in [0.2, 0.25) is 11.0 Å². The van der Waals surface area contributed by atoms with Gasteiger partial charge < -0.3 is 0 Å². The van der Waals surface area contributed by atoms with Crippen molar-refractivity contribution in [3.05, 3.63) is 34.3 Å². The fourth-order valence-electron chi connectivity index (χ4n) is 2.56. The lowest BCUT2D eigenvalue weighted by molar-refractivity contribution is -0.113. The number of amides is 1. The summed E-state index contributed by atoms with van der Waals surface area (Å²) >= 11 is 3.04. The number of carbonyl (C=O) groups is 1. The van der Waals surface area contributed by atoms with Crippen LogP contribution in [0.5, 0.6) is 0 Å². The van der Waals surface area contributed by atoms with Gasteiger partial charge in [-0.25, -0.2) is 0 Å². The number of carbonyl (C=O) groups excluding carboxylic acids is 1. The van der Waals surface area contributed by atoms with E-state index in [-0.39, 0.29) is 5.91 Å². The molecule has 0 atom stereocenters. The van der Waals surface area contributed by atoms with Gasteiger partial charge in [-0.3, -0.25) is 10.1 Å². The van der Waals surface area contributed by atoms with Crippen LogP contribution < -0.4 is 5.32 Å². The summed E-state index contributed by atoms with van der Waals surface area (Å²) in [7, 11) is 0. The Labute approximate surface area is 138 Å². The Morgan fingerprint density at radius 1 is 1.32 bits per heavy atom. The highest BCUT2D eigenvalue weighted by atomic mass is 32.2. The van der Waals surface area contributed by atoms with E-state index in [0.29, 0.717) is 10.9 Å². The molecule has 1 aromatic carbocycles. The van der Waals surface area contributed by atoms with E-state index in [1.165, 1.54) is 46.6 Å². The second kappa shape index (κ2) is 7.24. The minimum Gasteiger partial charge on any atom is -0.300 e. The van der Waals surface area contributed by atoms with E-state index in [4.69, 9.17) is 0 Å². The lowest BCUT2D eigenvalue weighted by Crippen LogP contribution is -2.13. The number of anilines is 1. The van der Waals surface area contributed by atoms with Crippen LogP contribution in [0.3, 0.4) is 0 Å². The van der Waals surface area contributed by atoms with Crippen LogP contribution in [0.2, 0.25) is 0 Å². The number of aromatic nitrogens is 2. The zero-order valence-corrected chi connectivity index (χ0v) is 14.2. The zero-order chi connectivity index (χ0) is 15.4. The van der Waals surface area contributed by atoms with E-state index >= 15 is 0 Å². The summed E-state index contributed by atoms with van der Waals surface area (Å²) in [5, 5.41) is 12.5. The summed E-state index contributed by atoms with van der Waals surface area (Å²) < 4.78 is 0.